The summed E-state index contributed by atoms with van der Waals surface area (Å²) in [6.45, 7) is 2.06. The van der Waals surface area contributed by atoms with E-state index in [0.29, 0.717) is 16.9 Å². The Morgan fingerprint density at radius 1 is 1.11 bits per heavy atom. The molecule has 0 amide bonds. The Morgan fingerprint density at radius 3 is 2.63 bits per heavy atom. The lowest BCUT2D eigenvalue weighted by molar-refractivity contribution is 0.510. The number of aryl methyl sites for hydroxylation is 1. The molecule has 0 bridgehead atoms. The molecule has 1 aromatic heterocycles. The van der Waals surface area contributed by atoms with Gasteiger partial charge in [0.05, 0.1) is 11.0 Å². The molecule has 1 N–H and O–H groups in total. The van der Waals surface area contributed by atoms with Gasteiger partial charge in [-0.05, 0) is 12.0 Å². The zero-order chi connectivity index (χ0) is 13.4. The Kier molecular flexibility index (Phi) is 2.78. The normalized spacial score (nSPS) is 11.1. The maximum absolute atomic E-state index is 13.2. The van der Waals surface area contributed by atoms with E-state index in [0.717, 1.165) is 29.7 Å². The molecule has 96 valence electrons. The van der Waals surface area contributed by atoms with Gasteiger partial charge in [-0.15, -0.1) is 0 Å². The Bertz CT molecular complexity index is 708. The monoisotopic (exact) mass is 258 g/mol. The Morgan fingerprint density at radius 2 is 1.84 bits per heavy atom. The number of aromatic nitrogens is 2. The molecule has 19 heavy (non-hydrogen) atoms. The summed E-state index contributed by atoms with van der Waals surface area (Å²) in [6.07, 6.45) is 0.871. The first-order valence-electron chi connectivity index (χ1n) is 6.12. The fraction of sp³-hybridized carbons (Fsp3) is 0.133. The molecule has 0 atom stereocenters. The van der Waals surface area contributed by atoms with E-state index in [4.69, 9.17) is 0 Å². The predicted molar refractivity (Wildman–Crippen MR) is 70.8 cm³/mol. The van der Waals surface area contributed by atoms with Crippen molar-refractivity contribution in [3.63, 3.8) is 0 Å². The second-order valence-electron chi connectivity index (χ2n) is 4.38. The number of rotatable bonds is 2. The molecule has 3 aromatic rings. The van der Waals surface area contributed by atoms with Crippen LogP contribution in [0.2, 0.25) is 0 Å². The molecule has 0 saturated heterocycles. The second kappa shape index (κ2) is 4.46. The van der Waals surface area contributed by atoms with Crippen LogP contribution >= 0.6 is 0 Å². The van der Waals surface area contributed by atoms with E-state index in [1.54, 1.807) is 0 Å². The zero-order valence-corrected chi connectivity index (χ0v) is 10.4. The predicted octanol–water partition coefficient (Wildman–Crippen LogP) is 4.07. The van der Waals surface area contributed by atoms with Gasteiger partial charge in [-0.1, -0.05) is 31.2 Å². The fourth-order valence-electron chi connectivity index (χ4n) is 2.19. The van der Waals surface area contributed by atoms with Gasteiger partial charge in [0.2, 0.25) is 0 Å². The second-order valence-corrected chi connectivity index (χ2v) is 4.38. The van der Waals surface area contributed by atoms with E-state index in [2.05, 4.69) is 16.9 Å². The minimum atomic E-state index is -0.880. The lowest BCUT2D eigenvalue weighted by atomic mass is 10.1. The SMILES string of the molecule is CCc1ccccc1-c1nc2cc(F)c(F)cc2[nH]1. The van der Waals surface area contributed by atoms with Gasteiger partial charge in [0, 0.05) is 17.7 Å². The van der Waals surface area contributed by atoms with E-state index in [1.165, 1.54) is 0 Å². The summed E-state index contributed by atoms with van der Waals surface area (Å²) < 4.78 is 26.4. The van der Waals surface area contributed by atoms with Gasteiger partial charge in [0.25, 0.3) is 0 Å². The van der Waals surface area contributed by atoms with Crippen molar-refractivity contribution >= 4 is 11.0 Å². The molecule has 2 nitrogen and oxygen atoms in total. The third-order valence-electron chi connectivity index (χ3n) is 3.18. The zero-order valence-electron chi connectivity index (χ0n) is 10.4. The van der Waals surface area contributed by atoms with Crippen LogP contribution in [-0.2, 0) is 6.42 Å². The number of benzene rings is 2. The summed E-state index contributed by atoms with van der Waals surface area (Å²) in [4.78, 5) is 7.37. The molecular formula is C15H12F2N2. The Labute approximate surface area is 109 Å². The first kappa shape index (κ1) is 11.8. The minimum absolute atomic E-state index is 0.430. The van der Waals surface area contributed by atoms with E-state index in [9.17, 15) is 8.78 Å². The Balaban J connectivity index is 2.20. The highest BCUT2D eigenvalue weighted by Gasteiger charge is 2.11. The highest BCUT2D eigenvalue weighted by Crippen LogP contribution is 2.25. The highest BCUT2D eigenvalue weighted by molar-refractivity contribution is 5.80. The lowest BCUT2D eigenvalue weighted by Crippen LogP contribution is -1.88. The van der Waals surface area contributed by atoms with Gasteiger partial charge in [-0.2, -0.15) is 0 Å². The Hall–Kier alpha value is -2.23. The average molecular weight is 258 g/mol. The molecule has 2 aromatic carbocycles. The van der Waals surface area contributed by atoms with Gasteiger partial charge in [-0.3, -0.25) is 0 Å². The van der Waals surface area contributed by atoms with Crippen LogP contribution in [0, 0.1) is 11.6 Å². The third-order valence-corrected chi connectivity index (χ3v) is 3.18. The number of hydrogen-bond donors (Lipinski definition) is 1. The molecule has 1 heterocycles. The molecule has 0 radical (unpaired) electrons. The number of halogens is 2. The van der Waals surface area contributed by atoms with Crippen LogP contribution in [0.15, 0.2) is 36.4 Å². The van der Waals surface area contributed by atoms with Crippen LogP contribution in [0.25, 0.3) is 22.4 Å². The average Bonchev–Trinajstić information content (AvgIpc) is 2.82. The molecule has 0 aliphatic carbocycles. The number of aromatic amines is 1. The van der Waals surface area contributed by atoms with Crippen LogP contribution in [0.5, 0.6) is 0 Å². The van der Waals surface area contributed by atoms with Crippen molar-refractivity contribution < 1.29 is 8.78 Å². The summed E-state index contributed by atoms with van der Waals surface area (Å²) in [7, 11) is 0. The molecule has 0 aliphatic heterocycles. The molecule has 0 fully saturated rings. The maximum atomic E-state index is 13.2. The minimum Gasteiger partial charge on any atom is -0.338 e. The first-order chi connectivity index (χ1) is 9.19. The molecular weight excluding hydrogens is 246 g/mol. The van der Waals surface area contributed by atoms with E-state index in [-0.39, 0.29) is 0 Å². The summed E-state index contributed by atoms with van der Waals surface area (Å²) in [5, 5.41) is 0. The summed E-state index contributed by atoms with van der Waals surface area (Å²) in [5.41, 5.74) is 3.03. The van der Waals surface area contributed by atoms with Crippen molar-refractivity contribution in [1.82, 2.24) is 9.97 Å². The number of hydrogen-bond acceptors (Lipinski definition) is 1. The molecule has 4 heteroatoms. The molecule has 0 aliphatic rings. The van der Waals surface area contributed by atoms with Gasteiger partial charge in [0.1, 0.15) is 5.82 Å². The molecule has 3 rings (SSSR count). The largest absolute Gasteiger partial charge is 0.338 e. The smallest absolute Gasteiger partial charge is 0.161 e. The van der Waals surface area contributed by atoms with Gasteiger partial charge >= 0.3 is 0 Å². The van der Waals surface area contributed by atoms with Crippen LogP contribution < -0.4 is 0 Å². The topological polar surface area (TPSA) is 28.7 Å². The summed E-state index contributed by atoms with van der Waals surface area (Å²) in [5.74, 6) is -1.11. The van der Waals surface area contributed by atoms with E-state index < -0.39 is 11.6 Å². The summed E-state index contributed by atoms with van der Waals surface area (Å²) >= 11 is 0. The van der Waals surface area contributed by atoms with Crippen molar-refractivity contribution in [3.8, 4) is 11.4 Å². The van der Waals surface area contributed by atoms with Crippen molar-refractivity contribution in [3.05, 3.63) is 53.6 Å². The maximum Gasteiger partial charge on any atom is 0.161 e. The fourth-order valence-corrected chi connectivity index (χ4v) is 2.19. The highest BCUT2D eigenvalue weighted by atomic mass is 19.2. The number of fused-ring (bicyclic) bond motifs is 1. The quantitative estimate of drug-likeness (QED) is 0.737. The lowest BCUT2D eigenvalue weighted by Gasteiger charge is -2.03. The van der Waals surface area contributed by atoms with Crippen LogP contribution in [-0.4, -0.2) is 9.97 Å². The van der Waals surface area contributed by atoms with Crippen molar-refractivity contribution in [2.45, 2.75) is 13.3 Å². The molecule has 0 unspecified atom stereocenters. The standard InChI is InChI=1S/C15H12F2N2/c1-2-9-5-3-4-6-10(9)15-18-13-7-11(16)12(17)8-14(13)19-15/h3-8H,2H2,1H3,(H,18,19). The number of H-pyrrole nitrogens is 1. The van der Waals surface area contributed by atoms with Crippen molar-refractivity contribution in [2.75, 3.05) is 0 Å². The number of imidazole rings is 1. The van der Waals surface area contributed by atoms with E-state index in [1.807, 2.05) is 24.3 Å². The van der Waals surface area contributed by atoms with Crippen LogP contribution in [0.4, 0.5) is 8.78 Å². The van der Waals surface area contributed by atoms with Gasteiger partial charge < -0.3 is 4.98 Å². The molecule has 0 saturated carbocycles. The number of nitrogens with one attached hydrogen (secondary N) is 1. The van der Waals surface area contributed by atoms with Crippen LogP contribution in [0.1, 0.15) is 12.5 Å². The van der Waals surface area contributed by atoms with E-state index >= 15 is 0 Å². The molecule has 0 spiro atoms. The number of nitrogens with zero attached hydrogens (tertiary/aromatic N) is 1. The van der Waals surface area contributed by atoms with Gasteiger partial charge in [-0.25, -0.2) is 13.8 Å². The third kappa shape index (κ3) is 1.99. The first-order valence-corrected chi connectivity index (χ1v) is 6.12. The van der Waals surface area contributed by atoms with Crippen molar-refractivity contribution in [1.29, 1.82) is 0 Å². The summed E-state index contributed by atoms with van der Waals surface area (Å²) in [6, 6.07) is 10.1. The van der Waals surface area contributed by atoms with Crippen LogP contribution in [0.3, 0.4) is 0 Å². The van der Waals surface area contributed by atoms with Crippen molar-refractivity contribution in [2.24, 2.45) is 0 Å². The van der Waals surface area contributed by atoms with Gasteiger partial charge in [0.15, 0.2) is 11.6 Å².